The van der Waals surface area contributed by atoms with Crippen molar-refractivity contribution in [2.75, 3.05) is 10.6 Å². The number of halogens is 1. The highest BCUT2D eigenvalue weighted by Crippen LogP contribution is 2.42. The third kappa shape index (κ3) is 2.23. The van der Waals surface area contributed by atoms with Gasteiger partial charge in [0.25, 0.3) is 0 Å². The van der Waals surface area contributed by atoms with Gasteiger partial charge in [0.15, 0.2) is 0 Å². The predicted molar refractivity (Wildman–Crippen MR) is 89.2 cm³/mol. The Hall–Kier alpha value is -1.81. The molecule has 0 saturated carbocycles. The van der Waals surface area contributed by atoms with E-state index in [1.807, 2.05) is 61.2 Å². The first kappa shape index (κ1) is 14.1. The normalized spacial score (nSPS) is 16.1. The number of anilines is 2. The lowest BCUT2D eigenvalue weighted by atomic mass is 9.86. The van der Waals surface area contributed by atoms with Crippen molar-refractivity contribution in [3.63, 3.8) is 0 Å². The summed E-state index contributed by atoms with van der Waals surface area (Å²) in [5, 5.41) is 0. The van der Waals surface area contributed by atoms with E-state index in [0.717, 1.165) is 21.3 Å². The minimum Gasteiger partial charge on any atom is -0.398 e. The van der Waals surface area contributed by atoms with Crippen LogP contribution in [-0.2, 0) is 16.8 Å². The summed E-state index contributed by atoms with van der Waals surface area (Å²) in [4.78, 5) is 14.6. The molecule has 0 radical (unpaired) electrons. The number of hydrogen-bond acceptors (Lipinski definition) is 2. The zero-order valence-electron chi connectivity index (χ0n) is 12.1. The summed E-state index contributed by atoms with van der Waals surface area (Å²) in [6, 6.07) is 13.7. The molecule has 2 aromatic rings. The lowest BCUT2D eigenvalue weighted by molar-refractivity contribution is -0.122. The van der Waals surface area contributed by atoms with Crippen LogP contribution in [0.2, 0.25) is 0 Å². The van der Waals surface area contributed by atoms with Crippen molar-refractivity contribution in [2.24, 2.45) is 0 Å². The van der Waals surface area contributed by atoms with Gasteiger partial charge < -0.3 is 10.6 Å². The van der Waals surface area contributed by atoms with Crippen molar-refractivity contribution < 1.29 is 4.79 Å². The van der Waals surface area contributed by atoms with Crippen LogP contribution in [0, 0.1) is 0 Å². The molecule has 0 unspecified atom stereocenters. The first-order valence-electron chi connectivity index (χ1n) is 6.86. The van der Waals surface area contributed by atoms with Gasteiger partial charge in [-0.1, -0.05) is 40.2 Å². The van der Waals surface area contributed by atoms with E-state index in [9.17, 15) is 4.79 Å². The van der Waals surface area contributed by atoms with Crippen molar-refractivity contribution >= 4 is 33.2 Å². The molecule has 0 saturated heterocycles. The van der Waals surface area contributed by atoms with Crippen molar-refractivity contribution in [1.29, 1.82) is 0 Å². The number of rotatable bonds is 2. The first-order chi connectivity index (χ1) is 9.91. The molecule has 0 atom stereocenters. The Morgan fingerprint density at radius 2 is 1.90 bits per heavy atom. The Balaban J connectivity index is 2.02. The van der Waals surface area contributed by atoms with E-state index >= 15 is 0 Å². The van der Waals surface area contributed by atoms with Crippen molar-refractivity contribution in [3.05, 3.63) is 58.1 Å². The Morgan fingerprint density at radius 3 is 2.62 bits per heavy atom. The molecule has 0 bridgehead atoms. The largest absolute Gasteiger partial charge is 0.398 e. The van der Waals surface area contributed by atoms with Crippen LogP contribution >= 0.6 is 15.9 Å². The maximum Gasteiger partial charge on any atom is 0.237 e. The zero-order chi connectivity index (χ0) is 15.2. The van der Waals surface area contributed by atoms with Gasteiger partial charge in [0.05, 0.1) is 12.0 Å². The second-order valence-corrected chi connectivity index (χ2v) is 6.79. The number of carbonyl (C=O) groups excluding carboxylic acids is 1. The van der Waals surface area contributed by atoms with Crippen molar-refractivity contribution in [1.82, 2.24) is 0 Å². The van der Waals surface area contributed by atoms with Crippen LogP contribution in [0.15, 0.2) is 46.9 Å². The molecule has 2 aromatic carbocycles. The summed E-state index contributed by atoms with van der Waals surface area (Å²) >= 11 is 3.40. The molecule has 0 aliphatic carbocycles. The fourth-order valence-corrected chi connectivity index (χ4v) is 3.22. The first-order valence-corrected chi connectivity index (χ1v) is 7.66. The minimum absolute atomic E-state index is 0.117. The summed E-state index contributed by atoms with van der Waals surface area (Å²) in [5.41, 5.74) is 9.29. The fraction of sp³-hybridized carbons (Fsp3) is 0.235. The van der Waals surface area contributed by atoms with Crippen LogP contribution in [-0.4, -0.2) is 5.91 Å². The van der Waals surface area contributed by atoms with E-state index in [0.29, 0.717) is 12.2 Å². The number of nitrogens with two attached hydrogens (primary N) is 1. The van der Waals surface area contributed by atoms with Crippen LogP contribution in [0.5, 0.6) is 0 Å². The third-order valence-corrected chi connectivity index (χ3v) is 4.58. The predicted octanol–water partition coefficient (Wildman–Crippen LogP) is 3.86. The molecule has 21 heavy (non-hydrogen) atoms. The average Bonchev–Trinajstić information content (AvgIpc) is 2.63. The van der Waals surface area contributed by atoms with Gasteiger partial charge in [-0.2, -0.15) is 0 Å². The molecule has 1 heterocycles. The third-order valence-electron chi connectivity index (χ3n) is 4.08. The van der Waals surface area contributed by atoms with E-state index in [2.05, 4.69) is 15.9 Å². The van der Waals surface area contributed by atoms with E-state index < -0.39 is 5.41 Å². The summed E-state index contributed by atoms with van der Waals surface area (Å²) in [6.45, 7) is 4.44. The molecule has 4 heteroatoms. The number of benzene rings is 2. The molecule has 0 fully saturated rings. The molecule has 1 amide bonds. The molecule has 0 spiro atoms. The van der Waals surface area contributed by atoms with Gasteiger partial charge in [0.2, 0.25) is 5.91 Å². The summed E-state index contributed by atoms with van der Waals surface area (Å²) in [5.74, 6) is 0.117. The van der Waals surface area contributed by atoms with Crippen LogP contribution < -0.4 is 10.6 Å². The van der Waals surface area contributed by atoms with Gasteiger partial charge >= 0.3 is 0 Å². The maximum atomic E-state index is 12.7. The highest BCUT2D eigenvalue weighted by Gasteiger charge is 2.43. The summed E-state index contributed by atoms with van der Waals surface area (Å²) in [7, 11) is 0. The van der Waals surface area contributed by atoms with Crippen LogP contribution in [0.3, 0.4) is 0 Å². The number of amides is 1. The van der Waals surface area contributed by atoms with Gasteiger partial charge in [0.1, 0.15) is 0 Å². The minimum atomic E-state index is -0.485. The number of hydrogen-bond donors (Lipinski definition) is 1. The molecule has 0 aromatic heterocycles. The van der Waals surface area contributed by atoms with Gasteiger partial charge in [-0.25, -0.2) is 0 Å². The quantitative estimate of drug-likeness (QED) is 0.841. The van der Waals surface area contributed by atoms with E-state index in [1.165, 1.54) is 0 Å². The highest BCUT2D eigenvalue weighted by atomic mass is 79.9. The number of para-hydroxylation sites is 1. The van der Waals surface area contributed by atoms with E-state index in [-0.39, 0.29) is 5.91 Å². The van der Waals surface area contributed by atoms with Gasteiger partial charge in [-0.15, -0.1) is 0 Å². The molecule has 1 aliphatic rings. The zero-order valence-corrected chi connectivity index (χ0v) is 13.6. The Kier molecular flexibility index (Phi) is 3.29. The maximum absolute atomic E-state index is 12.7. The second kappa shape index (κ2) is 4.88. The molecular weight excluding hydrogens is 328 g/mol. The fourth-order valence-electron chi connectivity index (χ4n) is 2.84. The smallest absolute Gasteiger partial charge is 0.237 e. The summed E-state index contributed by atoms with van der Waals surface area (Å²) in [6.07, 6.45) is 0. The molecule has 2 N–H and O–H groups in total. The SMILES string of the molecule is CC1(C)C(=O)N(Cc2ccc(Br)cc2N)c2ccccc21. The number of carbonyl (C=O) groups is 1. The molecular formula is C17H17BrN2O. The summed E-state index contributed by atoms with van der Waals surface area (Å²) < 4.78 is 0.942. The average molecular weight is 345 g/mol. The Bertz CT molecular complexity index is 724. The molecule has 3 nitrogen and oxygen atoms in total. The van der Waals surface area contributed by atoms with Crippen LogP contribution in [0.25, 0.3) is 0 Å². The molecule has 3 rings (SSSR count). The van der Waals surface area contributed by atoms with Crippen molar-refractivity contribution in [2.45, 2.75) is 25.8 Å². The Morgan fingerprint density at radius 1 is 1.19 bits per heavy atom. The number of nitrogen functional groups attached to an aromatic ring is 1. The topological polar surface area (TPSA) is 46.3 Å². The lowest BCUT2D eigenvalue weighted by Crippen LogP contribution is -2.35. The van der Waals surface area contributed by atoms with Gasteiger partial charge in [-0.3, -0.25) is 4.79 Å². The standard InChI is InChI=1S/C17H17BrN2O/c1-17(2)13-5-3-4-6-15(13)20(16(17)21)10-11-7-8-12(18)9-14(11)19/h3-9H,10,19H2,1-2H3. The molecule has 108 valence electrons. The van der Waals surface area contributed by atoms with Gasteiger partial charge in [-0.05, 0) is 43.2 Å². The Labute approximate surface area is 132 Å². The van der Waals surface area contributed by atoms with Gasteiger partial charge in [0, 0.05) is 15.8 Å². The highest BCUT2D eigenvalue weighted by molar-refractivity contribution is 9.10. The van der Waals surface area contributed by atoms with E-state index in [4.69, 9.17) is 5.73 Å². The van der Waals surface area contributed by atoms with E-state index in [1.54, 1.807) is 0 Å². The monoisotopic (exact) mass is 344 g/mol. The van der Waals surface area contributed by atoms with Crippen LogP contribution in [0.1, 0.15) is 25.0 Å². The number of fused-ring (bicyclic) bond motifs is 1. The molecule has 1 aliphatic heterocycles. The van der Waals surface area contributed by atoms with Crippen LogP contribution in [0.4, 0.5) is 11.4 Å². The number of nitrogens with zero attached hydrogens (tertiary/aromatic N) is 1. The van der Waals surface area contributed by atoms with Crippen molar-refractivity contribution in [3.8, 4) is 0 Å². The lowest BCUT2D eigenvalue weighted by Gasteiger charge is -2.21. The second-order valence-electron chi connectivity index (χ2n) is 5.88.